The van der Waals surface area contributed by atoms with E-state index in [0.29, 0.717) is 11.4 Å². The highest BCUT2D eigenvalue weighted by atomic mass is 32.2. The Morgan fingerprint density at radius 3 is 2.72 bits per heavy atom. The minimum atomic E-state index is -4.25. The van der Waals surface area contributed by atoms with Crippen LogP contribution in [0.2, 0.25) is 0 Å². The molecule has 0 bridgehead atoms. The van der Waals surface area contributed by atoms with Crippen molar-refractivity contribution in [1.82, 2.24) is 18.4 Å². The maximum atomic E-state index is 14.0. The molecule has 1 aromatic carbocycles. The van der Waals surface area contributed by atoms with Gasteiger partial charge in [0.05, 0.1) is 18.8 Å². The van der Waals surface area contributed by atoms with Gasteiger partial charge in [0.15, 0.2) is 0 Å². The number of alkyl halides is 1. The minimum Gasteiger partial charge on any atom is -0.496 e. The zero-order valence-electron chi connectivity index (χ0n) is 20.5. The summed E-state index contributed by atoms with van der Waals surface area (Å²) < 4.78 is 62.5. The number of pyridine rings is 1. The zero-order chi connectivity index (χ0) is 26.3. The fourth-order valence-electron chi connectivity index (χ4n) is 4.49. The van der Waals surface area contributed by atoms with Gasteiger partial charge in [0.25, 0.3) is 5.91 Å². The van der Waals surface area contributed by atoms with Crippen LogP contribution in [0.1, 0.15) is 48.8 Å². The molecule has 0 aliphatic carbocycles. The maximum absolute atomic E-state index is 14.0. The molecular formula is C24H29F2N5O4S. The van der Waals surface area contributed by atoms with E-state index >= 15 is 0 Å². The highest BCUT2D eigenvalue weighted by Crippen LogP contribution is 2.40. The van der Waals surface area contributed by atoms with Crippen molar-refractivity contribution < 1.29 is 26.7 Å². The molecular weight excluding hydrogens is 492 g/mol. The number of carbonyl (C=O) groups is 1. The predicted octanol–water partition coefficient (Wildman–Crippen LogP) is 3.48. The van der Waals surface area contributed by atoms with Gasteiger partial charge in [-0.3, -0.25) is 4.79 Å². The second-order valence-electron chi connectivity index (χ2n) is 9.43. The van der Waals surface area contributed by atoms with Gasteiger partial charge in [0.2, 0.25) is 0 Å². The van der Waals surface area contributed by atoms with Crippen LogP contribution in [0, 0.1) is 5.82 Å². The van der Waals surface area contributed by atoms with E-state index < -0.39 is 28.3 Å². The predicted molar refractivity (Wildman–Crippen MR) is 132 cm³/mol. The van der Waals surface area contributed by atoms with Crippen LogP contribution in [0.3, 0.4) is 0 Å². The number of nitrogens with zero attached hydrogens (tertiary/aromatic N) is 4. The van der Waals surface area contributed by atoms with Crippen LogP contribution < -0.4 is 14.4 Å². The third-order valence-corrected chi connectivity index (χ3v) is 7.43. The van der Waals surface area contributed by atoms with E-state index in [1.54, 1.807) is 29.8 Å². The van der Waals surface area contributed by atoms with Crippen molar-refractivity contribution in [3.8, 4) is 5.75 Å². The van der Waals surface area contributed by atoms with E-state index in [1.807, 2.05) is 10.8 Å². The van der Waals surface area contributed by atoms with E-state index in [4.69, 9.17) is 4.74 Å². The first kappa shape index (κ1) is 25.8. The van der Waals surface area contributed by atoms with Gasteiger partial charge in [-0.05, 0) is 57.0 Å². The van der Waals surface area contributed by atoms with Crippen LogP contribution in [0.25, 0.3) is 5.65 Å². The van der Waals surface area contributed by atoms with Gasteiger partial charge in [-0.15, -0.1) is 0 Å². The largest absolute Gasteiger partial charge is 0.496 e. The quantitative estimate of drug-likeness (QED) is 0.488. The Morgan fingerprint density at radius 1 is 1.28 bits per heavy atom. The van der Waals surface area contributed by atoms with Crippen LogP contribution in [-0.4, -0.2) is 60.9 Å². The van der Waals surface area contributed by atoms with Gasteiger partial charge in [-0.1, -0.05) is 0 Å². The zero-order valence-corrected chi connectivity index (χ0v) is 21.3. The number of rotatable bonds is 8. The lowest BCUT2D eigenvalue weighted by atomic mass is 10.0. The maximum Gasteiger partial charge on any atom is 0.303 e. The summed E-state index contributed by atoms with van der Waals surface area (Å²) in [5, 5.41) is 0. The number of hydrogen-bond acceptors (Lipinski definition) is 6. The Labute approximate surface area is 208 Å². The second-order valence-corrected chi connectivity index (χ2v) is 11.2. The normalized spacial score (nSPS) is 16.6. The number of hydrogen-bond donors (Lipinski definition) is 1. The highest BCUT2D eigenvalue weighted by molar-refractivity contribution is 7.87. The molecule has 0 radical (unpaired) electrons. The summed E-state index contributed by atoms with van der Waals surface area (Å²) in [4.78, 5) is 19.0. The summed E-state index contributed by atoms with van der Waals surface area (Å²) in [6, 6.07) is 7.94. The molecule has 1 aliphatic rings. The van der Waals surface area contributed by atoms with Crippen molar-refractivity contribution >= 4 is 27.5 Å². The van der Waals surface area contributed by atoms with Gasteiger partial charge in [-0.25, -0.2) is 18.5 Å². The molecule has 2 aromatic heterocycles. The Kier molecular flexibility index (Phi) is 6.93. The molecule has 12 heteroatoms. The van der Waals surface area contributed by atoms with Crippen LogP contribution >= 0.6 is 0 Å². The second kappa shape index (κ2) is 9.66. The molecule has 1 aliphatic heterocycles. The molecule has 36 heavy (non-hydrogen) atoms. The monoisotopic (exact) mass is 521 g/mol. The SMILES string of the molecule is COc1ccc(F)cc1[C@H]1CCCN1c1ccc2nc(C(=O)NS(=O)(=O)N(C)CC(C)(C)F)cn2c1. The number of halogens is 2. The topological polar surface area (TPSA) is 96.2 Å². The summed E-state index contributed by atoms with van der Waals surface area (Å²) in [5.41, 5.74) is 0.159. The lowest BCUT2D eigenvalue weighted by molar-refractivity contribution is 0.0973. The molecule has 3 heterocycles. The van der Waals surface area contributed by atoms with Crippen molar-refractivity contribution in [2.45, 2.75) is 38.4 Å². The van der Waals surface area contributed by atoms with E-state index in [2.05, 4.69) is 9.88 Å². The number of nitrogens with one attached hydrogen (secondary N) is 1. The van der Waals surface area contributed by atoms with E-state index in [-0.39, 0.29) is 17.6 Å². The van der Waals surface area contributed by atoms with Crippen molar-refractivity contribution in [2.75, 3.05) is 32.1 Å². The molecule has 1 amide bonds. The number of ether oxygens (including phenoxy) is 1. The average Bonchev–Trinajstić information content (AvgIpc) is 3.44. The summed E-state index contributed by atoms with van der Waals surface area (Å²) in [7, 11) is -1.51. The number of amides is 1. The highest BCUT2D eigenvalue weighted by Gasteiger charge is 2.30. The lowest BCUT2D eigenvalue weighted by Gasteiger charge is -2.28. The van der Waals surface area contributed by atoms with Crippen molar-refractivity contribution in [1.29, 1.82) is 0 Å². The molecule has 3 aromatic rings. The first-order valence-corrected chi connectivity index (χ1v) is 12.9. The Bertz CT molecular complexity index is 1390. The first-order chi connectivity index (χ1) is 16.9. The molecule has 194 valence electrons. The Morgan fingerprint density at radius 2 is 2.03 bits per heavy atom. The number of benzene rings is 1. The molecule has 1 N–H and O–H groups in total. The lowest BCUT2D eigenvalue weighted by Crippen LogP contribution is -2.45. The van der Waals surface area contributed by atoms with Crippen LogP contribution in [0.4, 0.5) is 14.5 Å². The number of carbonyl (C=O) groups excluding carboxylic acids is 1. The summed E-state index contributed by atoms with van der Waals surface area (Å²) in [6.07, 6.45) is 4.93. The number of methoxy groups -OCH3 is 1. The molecule has 1 atom stereocenters. The van der Waals surface area contributed by atoms with E-state index in [0.717, 1.165) is 34.9 Å². The Balaban J connectivity index is 1.57. The molecule has 0 spiro atoms. The van der Waals surface area contributed by atoms with Crippen LogP contribution in [0.5, 0.6) is 5.75 Å². The number of imidazole rings is 1. The summed E-state index contributed by atoms with van der Waals surface area (Å²) in [6.45, 7) is 2.82. The van der Waals surface area contributed by atoms with Gasteiger partial charge >= 0.3 is 10.2 Å². The average molecular weight is 522 g/mol. The third kappa shape index (κ3) is 5.44. The van der Waals surface area contributed by atoms with E-state index in [1.165, 1.54) is 39.2 Å². The molecule has 1 saturated heterocycles. The molecule has 1 fully saturated rings. The molecule has 9 nitrogen and oxygen atoms in total. The minimum absolute atomic E-state index is 0.0974. The van der Waals surface area contributed by atoms with Gasteiger partial charge in [-0.2, -0.15) is 12.7 Å². The fourth-order valence-corrected chi connectivity index (χ4v) is 5.46. The number of anilines is 1. The van der Waals surface area contributed by atoms with Gasteiger partial charge in [0.1, 0.15) is 28.6 Å². The first-order valence-electron chi connectivity index (χ1n) is 11.4. The molecule has 4 rings (SSSR count). The number of fused-ring (bicyclic) bond motifs is 1. The third-order valence-electron chi connectivity index (χ3n) is 6.03. The van der Waals surface area contributed by atoms with Crippen LogP contribution in [0.15, 0.2) is 42.7 Å². The summed E-state index contributed by atoms with van der Waals surface area (Å²) >= 11 is 0. The van der Waals surface area contributed by atoms with Crippen molar-refractivity contribution in [3.63, 3.8) is 0 Å². The van der Waals surface area contributed by atoms with Crippen molar-refractivity contribution in [2.24, 2.45) is 0 Å². The molecule has 0 saturated carbocycles. The van der Waals surface area contributed by atoms with Gasteiger partial charge in [0, 0.05) is 38.1 Å². The Hall–Kier alpha value is -3.25. The summed E-state index contributed by atoms with van der Waals surface area (Å²) in [5.74, 6) is -0.653. The van der Waals surface area contributed by atoms with E-state index in [9.17, 15) is 22.0 Å². The van der Waals surface area contributed by atoms with Gasteiger partial charge < -0.3 is 14.0 Å². The van der Waals surface area contributed by atoms with Crippen molar-refractivity contribution in [3.05, 3.63) is 59.8 Å². The van der Waals surface area contributed by atoms with Crippen LogP contribution in [-0.2, 0) is 10.2 Å². The fraction of sp³-hybridized carbons (Fsp3) is 0.417. The standard InChI is InChI=1S/C24H29F2N5O4S/c1-24(2,26)15-29(3)36(33,34)28-23(32)19-14-30-13-17(8-10-22(30)27-19)31-11-5-6-20(31)18-12-16(25)7-9-21(18)35-4/h7-10,12-14,20H,5-6,11,15H2,1-4H3,(H,28,32)/t20-/m1/s1. The number of aromatic nitrogens is 2. The smallest absolute Gasteiger partial charge is 0.303 e. The molecule has 0 unspecified atom stereocenters.